The number of aromatic nitrogens is 3. The number of piperazine rings is 1. The molecule has 1 fully saturated rings. The summed E-state index contributed by atoms with van der Waals surface area (Å²) in [5, 5.41) is 4.48. The summed E-state index contributed by atoms with van der Waals surface area (Å²) in [6.07, 6.45) is 1.65. The minimum atomic E-state index is -0.0239. The highest BCUT2D eigenvalue weighted by Gasteiger charge is 2.19. The Kier molecular flexibility index (Phi) is 6.78. The van der Waals surface area contributed by atoms with Crippen LogP contribution in [0, 0.1) is 0 Å². The molecule has 190 valence electrons. The van der Waals surface area contributed by atoms with Crippen LogP contribution in [0.4, 0.5) is 17.5 Å². The minimum absolute atomic E-state index is 0.0239. The number of rotatable bonds is 7. The molecule has 5 N–H and O–H groups in total. The van der Waals surface area contributed by atoms with Gasteiger partial charge >= 0.3 is 0 Å². The van der Waals surface area contributed by atoms with Crippen molar-refractivity contribution in [2.75, 3.05) is 49.6 Å². The number of nitrogens with zero attached hydrogens (tertiary/aromatic N) is 5. The van der Waals surface area contributed by atoms with Gasteiger partial charge in [0.05, 0.1) is 11.2 Å². The van der Waals surface area contributed by atoms with E-state index in [1.165, 1.54) is 0 Å². The SMILES string of the molecule is C=C(NC(C)c1cccc(Oc2ncccc2N)c1)c1ccc2c(N3CCN(C)CC3)nc(N)nc2c1. The zero-order valence-electron chi connectivity index (χ0n) is 21.2. The van der Waals surface area contributed by atoms with Gasteiger partial charge in [-0.25, -0.2) is 9.97 Å². The number of hydrogen-bond donors (Lipinski definition) is 3. The Bertz CT molecular complexity index is 1430. The molecule has 1 aliphatic rings. The molecule has 0 spiro atoms. The number of nitrogens with two attached hydrogens (primary N) is 2. The van der Waals surface area contributed by atoms with Gasteiger partial charge in [-0.3, -0.25) is 0 Å². The number of anilines is 3. The van der Waals surface area contributed by atoms with Crippen LogP contribution in [0.5, 0.6) is 11.6 Å². The van der Waals surface area contributed by atoms with Crippen LogP contribution < -0.4 is 26.4 Å². The van der Waals surface area contributed by atoms with E-state index in [0.717, 1.165) is 59.7 Å². The van der Waals surface area contributed by atoms with Gasteiger partial charge in [0.25, 0.3) is 0 Å². The molecule has 1 unspecified atom stereocenters. The summed E-state index contributed by atoms with van der Waals surface area (Å²) in [6.45, 7) is 10.2. The zero-order chi connectivity index (χ0) is 25.9. The highest BCUT2D eigenvalue weighted by molar-refractivity contribution is 5.92. The smallest absolute Gasteiger partial charge is 0.242 e. The molecular formula is C28H32N8O. The predicted octanol–water partition coefficient (Wildman–Crippen LogP) is 4.05. The molecule has 2 aromatic heterocycles. The number of fused-ring (bicyclic) bond motifs is 1. The average molecular weight is 497 g/mol. The Morgan fingerprint density at radius 2 is 1.84 bits per heavy atom. The molecule has 1 saturated heterocycles. The first-order valence-corrected chi connectivity index (χ1v) is 12.3. The van der Waals surface area contributed by atoms with E-state index < -0.39 is 0 Å². The maximum absolute atomic E-state index is 6.10. The molecular weight excluding hydrogens is 464 g/mol. The van der Waals surface area contributed by atoms with Crippen molar-refractivity contribution in [2.45, 2.75) is 13.0 Å². The lowest BCUT2D eigenvalue weighted by Gasteiger charge is -2.33. The van der Waals surface area contributed by atoms with Crippen LogP contribution in [0.15, 0.2) is 67.4 Å². The molecule has 2 aromatic carbocycles. The summed E-state index contributed by atoms with van der Waals surface area (Å²) in [7, 11) is 2.13. The number of ether oxygens (including phenoxy) is 1. The molecule has 5 rings (SSSR count). The summed E-state index contributed by atoms with van der Waals surface area (Å²) in [5.41, 5.74) is 16.1. The standard InChI is InChI=1S/C28H32N8O/c1-18(20-6-4-7-22(16-20)37-27-24(29)8-5-11-31-27)32-19(2)21-9-10-23-25(17-21)33-28(30)34-26(23)36-14-12-35(3)13-15-36/h4-11,16-18,32H,2,12-15,29H2,1,3H3,(H2,30,33,34). The first kappa shape index (κ1) is 24.3. The van der Waals surface area contributed by atoms with Crippen molar-refractivity contribution in [2.24, 2.45) is 0 Å². The van der Waals surface area contributed by atoms with Crippen LogP contribution in [0.25, 0.3) is 16.6 Å². The third kappa shape index (κ3) is 5.41. The van der Waals surface area contributed by atoms with E-state index in [1.54, 1.807) is 18.3 Å². The molecule has 0 radical (unpaired) electrons. The minimum Gasteiger partial charge on any atom is -0.437 e. The number of nitrogen functional groups attached to an aromatic ring is 2. The normalized spacial score (nSPS) is 14.9. The van der Waals surface area contributed by atoms with Gasteiger partial charge in [-0.05, 0) is 61.5 Å². The van der Waals surface area contributed by atoms with Gasteiger partial charge in [0, 0.05) is 49.5 Å². The van der Waals surface area contributed by atoms with Crippen LogP contribution >= 0.6 is 0 Å². The Balaban J connectivity index is 1.33. The van der Waals surface area contributed by atoms with Crippen molar-refractivity contribution in [3.05, 3.63) is 78.5 Å². The fourth-order valence-corrected chi connectivity index (χ4v) is 4.45. The quantitative estimate of drug-likeness (QED) is 0.348. The molecule has 4 aromatic rings. The van der Waals surface area contributed by atoms with Crippen LogP contribution in [0.2, 0.25) is 0 Å². The second kappa shape index (κ2) is 10.3. The number of benzene rings is 2. The fraction of sp³-hybridized carbons (Fsp3) is 0.250. The second-order valence-electron chi connectivity index (χ2n) is 9.34. The largest absolute Gasteiger partial charge is 0.437 e. The Hall–Kier alpha value is -4.37. The van der Waals surface area contributed by atoms with Gasteiger partial charge in [-0.1, -0.05) is 24.8 Å². The predicted molar refractivity (Wildman–Crippen MR) is 149 cm³/mol. The summed E-state index contributed by atoms with van der Waals surface area (Å²) >= 11 is 0. The van der Waals surface area contributed by atoms with Crippen molar-refractivity contribution < 1.29 is 4.74 Å². The second-order valence-corrected chi connectivity index (χ2v) is 9.34. The number of hydrogen-bond acceptors (Lipinski definition) is 9. The van der Waals surface area contributed by atoms with Crippen LogP contribution in [-0.2, 0) is 0 Å². The van der Waals surface area contributed by atoms with Crippen LogP contribution in [0.3, 0.4) is 0 Å². The van der Waals surface area contributed by atoms with Crippen LogP contribution in [0.1, 0.15) is 24.1 Å². The van der Waals surface area contributed by atoms with Gasteiger partial charge in [0.1, 0.15) is 11.6 Å². The Morgan fingerprint density at radius 3 is 2.62 bits per heavy atom. The van der Waals surface area contributed by atoms with Gasteiger partial charge in [0.2, 0.25) is 11.8 Å². The van der Waals surface area contributed by atoms with Gasteiger partial charge in [-0.2, -0.15) is 4.98 Å². The fourth-order valence-electron chi connectivity index (χ4n) is 4.45. The first-order chi connectivity index (χ1) is 17.9. The number of pyridine rings is 1. The van der Waals surface area contributed by atoms with Crippen molar-refractivity contribution in [3.8, 4) is 11.6 Å². The van der Waals surface area contributed by atoms with E-state index in [9.17, 15) is 0 Å². The topological polar surface area (TPSA) is 118 Å². The van der Waals surface area contributed by atoms with E-state index in [4.69, 9.17) is 16.2 Å². The van der Waals surface area contributed by atoms with E-state index in [0.29, 0.717) is 17.3 Å². The average Bonchev–Trinajstić information content (AvgIpc) is 2.89. The molecule has 0 aliphatic carbocycles. The van der Waals surface area contributed by atoms with E-state index >= 15 is 0 Å². The third-order valence-electron chi connectivity index (χ3n) is 6.61. The molecule has 0 bridgehead atoms. The lowest BCUT2D eigenvalue weighted by Crippen LogP contribution is -2.45. The molecule has 0 amide bonds. The lowest BCUT2D eigenvalue weighted by atomic mass is 10.1. The summed E-state index contributed by atoms with van der Waals surface area (Å²) < 4.78 is 5.90. The Labute approximate surface area is 216 Å². The molecule has 1 aliphatic heterocycles. The van der Waals surface area contributed by atoms with Crippen LogP contribution in [-0.4, -0.2) is 53.1 Å². The van der Waals surface area contributed by atoms with Crippen molar-refractivity contribution in [3.63, 3.8) is 0 Å². The summed E-state index contributed by atoms with van der Waals surface area (Å²) in [6, 6.07) is 17.5. The molecule has 1 atom stereocenters. The van der Waals surface area contributed by atoms with Gasteiger partial charge < -0.3 is 31.3 Å². The summed E-state index contributed by atoms with van der Waals surface area (Å²) in [5.74, 6) is 2.21. The van der Waals surface area contributed by atoms with Gasteiger partial charge in [0.15, 0.2) is 0 Å². The Morgan fingerprint density at radius 1 is 1.03 bits per heavy atom. The highest BCUT2D eigenvalue weighted by Crippen LogP contribution is 2.30. The maximum atomic E-state index is 6.10. The molecule has 3 heterocycles. The number of nitrogens with one attached hydrogen (secondary N) is 1. The van der Waals surface area contributed by atoms with E-state index in [2.05, 4.69) is 56.7 Å². The lowest BCUT2D eigenvalue weighted by molar-refractivity contribution is 0.312. The summed E-state index contributed by atoms with van der Waals surface area (Å²) in [4.78, 5) is 17.9. The monoisotopic (exact) mass is 496 g/mol. The third-order valence-corrected chi connectivity index (χ3v) is 6.61. The maximum Gasteiger partial charge on any atom is 0.242 e. The molecule has 9 heteroatoms. The van der Waals surface area contributed by atoms with Crippen molar-refractivity contribution >= 4 is 34.1 Å². The van der Waals surface area contributed by atoms with Crippen molar-refractivity contribution in [1.29, 1.82) is 0 Å². The molecule has 37 heavy (non-hydrogen) atoms. The highest BCUT2D eigenvalue weighted by atomic mass is 16.5. The first-order valence-electron chi connectivity index (χ1n) is 12.3. The van der Waals surface area contributed by atoms with E-state index in [1.807, 2.05) is 36.4 Å². The van der Waals surface area contributed by atoms with E-state index in [-0.39, 0.29) is 12.0 Å². The molecule has 0 saturated carbocycles. The number of likely N-dealkylation sites (N-methyl/N-ethyl adjacent to an activating group) is 1. The van der Waals surface area contributed by atoms with Crippen molar-refractivity contribution in [1.82, 2.24) is 25.2 Å². The molecule has 9 nitrogen and oxygen atoms in total. The zero-order valence-corrected chi connectivity index (χ0v) is 21.2. The van der Waals surface area contributed by atoms with Gasteiger partial charge in [-0.15, -0.1) is 0 Å².